The highest BCUT2D eigenvalue weighted by Gasteiger charge is 2.16. The summed E-state index contributed by atoms with van der Waals surface area (Å²) in [7, 11) is 0. The lowest BCUT2D eigenvalue weighted by Gasteiger charge is -2.22. The number of para-hydroxylation sites is 1. The molecule has 0 aromatic heterocycles. The minimum Gasteiger partial charge on any atom is -0.392 e. The van der Waals surface area contributed by atoms with Crippen LogP contribution in [0.3, 0.4) is 0 Å². The third-order valence-electron chi connectivity index (χ3n) is 2.74. The first-order valence-electron chi connectivity index (χ1n) is 6.82. The van der Waals surface area contributed by atoms with Crippen molar-refractivity contribution in [3.05, 3.63) is 28.2 Å². The summed E-state index contributed by atoms with van der Waals surface area (Å²) < 4.78 is 0. The van der Waals surface area contributed by atoms with E-state index >= 15 is 0 Å². The Morgan fingerprint density at radius 1 is 1.29 bits per heavy atom. The molecular formula is C15H22Cl2N2O2. The van der Waals surface area contributed by atoms with Gasteiger partial charge in [-0.2, -0.15) is 0 Å². The fraction of sp³-hybridized carbons (Fsp3) is 0.533. The monoisotopic (exact) mass is 332 g/mol. The lowest BCUT2D eigenvalue weighted by atomic mass is 9.89. The summed E-state index contributed by atoms with van der Waals surface area (Å²) in [6.07, 6.45) is 0.180. The number of anilines is 1. The maximum absolute atomic E-state index is 11.8. The van der Waals surface area contributed by atoms with Crippen molar-refractivity contribution in [1.29, 1.82) is 0 Å². The van der Waals surface area contributed by atoms with Crippen LogP contribution in [0.25, 0.3) is 0 Å². The molecule has 0 aliphatic rings. The summed E-state index contributed by atoms with van der Waals surface area (Å²) in [5.74, 6) is -0.257. The molecule has 0 radical (unpaired) electrons. The summed E-state index contributed by atoms with van der Waals surface area (Å²) >= 11 is 11.9. The van der Waals surface area contributed by atoms with Gasteiger partial charge in [0.1, 0.15) is 0 Å². The van der Waals surface area contributed by atoms with Crippen molar-refractivity contribution in [2.75, 3.05) is 18.4 Å². The number of benzene rings is 1. The second-order valence-corrected chi connectivity index (χ2v) is 7.01. The molecule has 21 heavy (non-hydrogen) atoms. The summed E-state index contributed by atoms with van der Waals surface area (Å²) in [5.41, 5.74) is 0.455. The molecule has 0 heterocycles. The first kappa shape index (κ1) is 18.2. The van der Waals surface area contributed by atoms with E-state index in [9.17, 15) is 9.90 Å². The van der Waals surface area contributed by atoms with Crippen LogP contribution in [0.15, 0.2) is 18.2 Å². The number of carbonyl (C=O) groups excluding carboxylic acids is 1. The number of aliphatic hydroxyl groups excluding tert-OH is 1. The number of hydrogen-bond donors (Lipinski definition) is 3. The molecule has 0 aliphatic heterocycles. The Labute approximate surface area is 135 Å². The maximum Gasteiger partial charge on any atom is 0.238 e. The van der Waals surface area contributed by atoms with Gasteiger partial charge < -0.3 is 15.7 Å². The zero-order chi connectivity index (χ0) is 16.0. The largest absolute Gasteiger partial charge is 0.392 e. The Bertz CT molecular complexity index is 467. The molecule has 0 aliphatic carbocycles. The quantitative estimate of drug-likeness (QED) is 0.748. The van der Waals surface area contributed by atoms with Gasteiger partial charge in [0, 0.05) is 6.54 Å². The van der Waals surface area contributed by atoms with Crippen LogP contribution in [0.4, 0.5) is 5.69 Å². The van der Waals surface area contributed by atoms with Crippen LogP contribution < -0.4 is 10.6 Å². The molecule has 1 amide bonds. The Balaban J connectivity index is 2.38. The summed E-state index contributed by atoms with van der Waals surface area (Å²) in [6, 6.07) is 5.02. The number of carbonyl (C=O) groups is 1. The number of rotatable bonds is 6. The number of aliphatic hydroxyl groups is 1. The standard InChI is InChI=1S/C15H22Cl2N2O2/c1-15(2,3)7-10(20)8-18-9-13(21)19-14-11(16)5-4-6-12(14)17/h4-6,10,18,20H,7-9H2,1-3H3,(H,19,21). The minimum absolute atomic E-state index is 0.0500. The van der Waals surface area contributed by atoms with Crippen molar-refractivity contribution in [2.45, 2.75) is 33.3 Å². The molecule has 0 saturated heterocycles. The second kappa shape index (κ2) is 7.99. The van der Waals surface area contributed by atoms with Gasteiger partial charge in [0.05, 0.1) is 28.4 Å². The Morgan fingerprint density at radius 2 is 1.86 bits per heavy atom. The van der Waals surface area contributed by atoms with Gasteiger partial charge in [-0.25, -0.2) is 0 Å². The predicted molar refractivity (Wildman–Crippen MR) is 88.0 cm³/mol. The molecule has 0 bridgehead atoms. The van der Waals surface area contributed by atoms with Crippen LogP contribution in [0, 0.1) is 5.41 Å². The topological polar surface area (TPSA) is 61.4 Å². The van der Waals surface area contributed by atoms with Crippen molar-refractivity contribution in [3.8, 4) is 0 Å². The van der Waals surface area contributed by atoms with Gasteiger partial charge in [-0.05, 0) is 24.0 Å². The Hall–Kier alpha value is -0.810. The van der Waals surface area contributed by atoms with Crippen LogP contribution >= 0.6 is 23.2 Å². The van der Waals surface area contributed by atoms with Crippen LogP contribution in [-0.2, 0) is 4.79 Å². The molecule has 6 heteroatoms. The average molecular weight is 333 g/mol. The number of amides is 1. The van der Waals surface area contributed by atoms with E-state index in [2.05, 4.69) is 31.4 Å². The smallest absolute Gasteiger partial charge is 0.238 e. The van der Waals surface area contributed by atoms with Crippen LogP contribution in [-0.4, -0.2) is 30.2 Å². The molecule has 1 rings (SSSR count). The molecule has 3 N–H and O–H groups in total. The molecule has 4 nitrogen and oxygen atoms in total. The zero-order valence-electron chi connectivity index (χ0n) is 12.5. The summed E-state index contributed by atoms with van der Waals surface area (Å²) in [5, 5.41) is 16.2. The molecule has 1 aromatic carbocycles. The highest BCUT2D eigenvalue weighted by Crippen LogP contribution is 2.29. The Kier molecular flexibility index (Phi) is 6.94. The van der Waals surface area contributed by atoms with Crippen molar-refractivity contribution in [2.24, 2.45) is 5.41 Å². The van der Waals surface area contributed by atoms with E-state index in [0.717, 1.165) is 0 Å². The lowest BCUT2D eigenvalue weighted by molar-refractivity contribution is -0.115. The van der Waals surface area contributed by atoms with Crippen LogP contribution in [0.5, 0.6) is 0 Å². The van der Waals surface area contributed by atoms with Crippen LogP contribution in [0.1, 0.15) is 27.2 Å². The first-order chi connectivity index (χ1) is 9.69. The van der Waals surface area contributed by atoms with Gasteiger partial charge in [-0.3, -0.25) is 4.79 Å². The average Bonchev–Trinajstić information content (AvgIpc) is 2.31. The predicted octanol–water partition coefficient (Wildman–Crippen LogP) is 3.32. The molecule has 0 fully saturated rings. The summed E-state index contributed by atoms with van der Waals surface area (Å²) in [4.78, 5) is 11.8. The van der Waals surface area contributed by atoms with Crippen LogP contribution in [0.2, 0.25) is 10.0 Å². The van der Waals surface area contributed by atoms with E-state index in [4.69, 9.17) is 23.2 Å². The zero-order valence-corrected chi connectivity index (χ0v) is 14.1. The van der Waals surface area contributed by atoms with Gasteiger partial charge in [0.2, 0.25) is 5.91 Å². The van der Waals surface area contributed by atoms with Crippen molar-refractivity contribution < 1.29 is 9.90 Å². The second-order valence-electron chi connectivity index (χ2n) is 6.19. The first-order valence-corrected chi connectivity index (χ1v) is 7.57. The fourth-order valence-corrected chi connectivity index (χ4v) is 2.42. The van der Waals surface area contributed by atoms with Crippen molar-refractivity contribution >= 4 is 34.8 Å². The SMILES string of the molecule is CC(C)(C)CC(O)CNCC(=O)Nc1c(Cl)cccc1Cl. The van der Waals surface area contributed by atoms with E-state index in [1.54, 1.807) is 18.2 Å². The van der Waals surface area contributed by atoms with Gasteiger partial charge in [-0.1, -0.05) is 50.0 Å². The normalized spacial score (nSPS) is 13.0. The molecule has 1 aromatic rings. The number of nitrogens with one attached hydrogen (secondary N) is 2. The third-order valence-corrected chi connectivity index (χ3v) is 3.37. The molecule has 1 unspecified atom stereocenters. The highest BCUT2D eigenvalue weighted by atomic mass is 35.5. The molecular weight excluding hydrogens is 311 g/mol. The number of halogens is 2. The minimum atomic E-state index is -0.485. The Morgan fingerprint density at radius 3 is 2.38 bits per heavy atom. The highest BCUT2D eigenvalue weighted by molar-refractivity contribution is 6.39. The third kappa shape index (κ3) is 7.14. The number of hydrogen-bond acceptors (Lipinski definition) is 3. The molecule has 0 saturated carbocycles. The van der Waals surface area contributed by atoms with Crippen molar-refractivity contribution in [3.63, 3.8) is 0 Å². The fourth-order valence-electron chi connectivity index (χ4n) is 1.93. The van der Waals surface area contributed by atoms with Gasteiger partial charge in [0.15, 0.2) is 0 Å². The van der Waals surface area contributed by atoms with Gasteiger partial charge >= 0.3 is 0 Å². The van der Waals surface area contributed by atoms with Gasteiger partial charge in [0.25, 0.3) is 0 Å². The van der Waals surface area contributed by atoms with Crippen molar-refractivity contribution in [1.82, 2.24) is 5.32 Å². The van der Waals surface area contributed by atoms with Gasteiger partial charge in [-0.15, -0.1) is 0 Å². The van der Waals surface area contributed by atoms with E-state index in [0.29, 0.717) is 28.7 Å². The van der Waals surface area contributed by atoms with E-state index < -0.39 is 6.10 Å². The van der Waals surface area contributed by atoms with E-state index in [-0.39, 0.29) is 17.9 Å². The molecule has 0 spiro atoms. The van der Waals surface area contributed by atoms with E-state index in [1.165, 1.54) is 0 Å². The van der Waals surface area contributed by atoms with E-state index in [1.807, 2.05) is 0 Å². The summed E-state index contributed by atoms with van der Waals surface area (Å²) in [6.45, 7) is 6.62. The maximum atomic E-state index is 11.8. The molecule has 118 valence electrons. The lowest BCUT2D eigenvalue weighted by Crippen LogP contribution is -2.35. The molecule has 1 atom stereocenters.